The lowest BCUT2D eigenvalue weighted by Crippen LogP contribution is -2.44. The molecule has 1 atom stereocenters. The van der Waals surface area contributed by atoms with E-state index in [4.69, 9.17) is 5.73 Å². The molecule has 1 aromatic heterocycles. The Labute approximate surface area is 167 Å². The highest BCUT2D eigenvalue weighted by Gasteiger charge is 2.45. The normalized spacial score (nSPS) is 14.6. The number of fused-ring (bicyclic) bond motifs is 1. The molecule has 0 fully saturated rings. The lowest BCUT2D eigenvalue weighted by atomic mass is 10.0. The van der Waals surface area contributed by atoms with Gasteiger partial charge in [-0.25, -0.2) is 14.4 Å². The van der Waals surface area contributed by atoms with Crippen molar-refractivity contribution in [2.75, 3.05) is 11.1 Å². The number of allylic oxidation sites excluding steroid dienone is 1. The summed E-state index contributed by atoms with van der Waals surface area (Å²) in [6, 6.07) is -0.0221. The van der Waals surface area contributed by atoms with E-state index in [9.17, 15) is 21.4 Å². The summed E-state index contributed by atoms with van der Waals surface area (Å²) in [5.74, 6) is -0.848. The number of alkyl halides is 3. The zero-order chi connectivity index (χ0) is 21.3. The van der Waals surface area contributed by atoms with Gasteiger partial charge in [-0.2, -0.15) is 17.1 Å². The second-order valence-corrected chi connectivity index (χ2v) is 6.98. The van der Waals surface area contributed by atoms with Gasteiger partial charge in [-0.3, -0.25) is 0 Å². The third-order valence-electron chi connectivity index (χ3n) is 4.47. The predicted octanol–water partition coefficient (Wildman–Crippen LogP) is 4.61. The Bertz CT molecular complexity index is 972. The Morgan fingerprint density at radius 3 is 2.52 bits per heavy atom. The molecule has 1 aliphatic carbocycles. The average molecular weight is 429 g/mol. The molecule has 4 N–H and O–H groups in total. The number of nitrogens with one attached hydrogen (secondary N) is 2. The molecule has 3 rings (SSSR count). The molecule has 0 aliphatic heterocycles. The molecular weight excluding hydrogens is 413 g/mol. The summed E-state index contributed by atoms with van der Waals surface area (Å²) in [5, 5.41) is 4.94. The van der Waals surface area contributed by atoms with Crippen molar-refractivity contribution in [3.8, 4) is 0 Å². The molecule has 5 nitrogen and oxygen atoms in total. The van der Waals surface area contributed by atoms with Crippen molar-refractivity contribution in [3.05, 3.63) is 59.4 Å². The molecule has 154 valence electrons. The van der Waals surface area contributed by atoms with Crippen LogP contribution in [0.4, 0.5) is 33.1 Å². The molecule has 0 saturated heterocycles. The molecule has 1 heterocycles. The lowest BCUT2D eigenvalue weighted by Gasteiger charge is -2.26. The molecule has 11 heteroatoms. The van der Waals surface area contributed by atoms with Crippen molar-refractivity contribution in [1.29, 1.82) is 0 Å². The lowest BCUT2D eigenvalue weighted by molar-refractivity contribution is -0.145. The zero-order valence-corrected chi connectivity index (χ0v) is 15.9. The fourth-order valence-corrected chi connectivity index (χ4v) is 3.60. The molecule has 29 heavy (non-hydrogen) atoms. The number of rotatable bonds is 6. The van der Waals surface area contributed by atoms with Crippen LogP contribution in [0.2, 0.25) is 0 Å². The van der Waals surface area contributed by atoms with E-state index < -0.39 is 18.0 Å². The van der Waals surface area contributed by atoms with Crippen molar-refractivity contribution >= 4 is 29.4 Å². The van der Waals surface area contributed by atoms with E-state index in [1.165, 1.54) is 19.3 Å². The van der Waals surface area contributed by atoms with E-state index in [1.54, 1.807) is 0 Å². The molecular formula is C18H16F5N5S. The van der Waals surface area contributed by atoms with Crippen molar-refractivity contribution in [2.24, 2.45) is 0 Å². The third kappa shape index (κ3) is 4.44. The van der Waals surface area contributed by atoms with Crippen molar-refractivity contribution in [3.63, 3.8) is 0 Å². The summed E-state index contributed by atoms with van der Waals surface area (Å²) < 4.78 is 68.4. The van der Waals surface area contributed by atoms with E-state index in [1.807, 2.05) is 0 Å². The van der Waals surface area contributed by atoms with Gasteiger partial charge >= 0.3 is 6.18 Å². The van der Waals surface area contributed by atoms with Crippen LogP contribution >= 0.6 is 12.1 Å². The number of aromatic nitrogens is 2. The summed E-state index contributed by atoms with van der Waals surface area (Å²) in [5.41, 5.74) is 6.46. The minimum absolute atomic E-state index is 0.0144. The average Bonchev–Trinajstić information content (AvgIpc) is 2.96. The molecule has 1 aromatic carbocycles. The first-order valence-electron chi connectivity index (χ1n) is 8.28. The first kappa shape index (κ1) is 20.9. The number of hydrogen-bond donors (Lipinski definition) is 3. The maximum Gasteiger partial charge on any atom is 0.412 e. The fraction of sp³-hybridized carbons (Fsp3) is 0.222. The molecule has 2 aromatic rings. The molecule has 0 radical (unpaired) electrons. The van der Waals surface area contributed by atoms with Gasteiger partial charge in [-0.15, -0.1) is 0 Å². The van der Waals surface area contributed by atoms with Crippen LogP contribution < -0.4 is 16.4 Å². The van der Waals surface area contributed by atoms with Gasteiger partial charge in [0.1, 0.15) is 11.9 Å². The van der Waals surface area contributed by atoms with Crippen LogP contribution in [0.5, 0.6) is 0 Å². The van der Waals surface area contributed by atoms with Crippen LogP contribution in [0.1, 0.15) is 18.1 Å². The van der Waals surface area contributed by atoms with Crippen LogP contribution in [-0.4, -0.2) is 22.2 Å². The van der Waals surface area contributed by atoms with Gasteiger partial charge in [0, 0.05) is 4.90 Å². The Kier molecular flexibility index (Phi) is 5.69. The number of benzene rings is 1. The number of anilines is 2. The number of halogens is 5. The van der Waals surface area contributed by atoms with Crippen LogP contribution in [0.25, 0.3) is 5.57 Å². The summed E-state index contributed by atoms with van der Waals surface area (Å²) in [6.07, 6.45) is -2.26. The van der Waals surface area contributed by atoms with E-state index in [2.05, 4.69) is 27.2 Å². The Morgan fingerprint density at radius 1 is 1.28 bits per heavy atom. The zero-order valence-electron chi connectivity index (χ0n) is 15.1. The van der Waals surface area contributed by atoms with Crippen LogP contribution in [0.15, 0.2) is 47.4 Å². The van der Waals surface area contributed by atoms with Crippen LogP contribution in [0.3, 0.4) is 0 Å². The van der Waals surface area contributed by atoms with Gasteiger partial charge in [-0.05, 0) is 47.8 Å². The summed E-state index contributed by atoms with van der Waals surface area (Å²) in [4.78, 5) is 7.43. The smallest absolute Gasteiger partial charge is 0.368 e. The molecule has 0 saturated carbocycles. The fourth-order valence-electron chi connectivity index (χ4n) is 3.17. The van der Waals surface area contributed by atoms with Gasteiger partial charge in [0.25, 0.3) is 0 Å². The quantitative estimate of drug-likeness (QED) is 0.583. The summed E-state index contributed by atoms with van der Waals surface area (Å²) in [6.45, 7) is 5.02. The molecule has 0 amide bonds. The van der Waals surface area contributed by atoms with Crippen molar-refractivity contribution in [1.82, 2.24) is 15.3 Å². The number of hydrogen-bond acceptors (Lipinski definition) is 6. The van der Waals surface area contributed by atoms with E-state index in [-0.39, 0.29) is 57.6 Å². The van der Waals surface area contributed by atoms with E-state index in [0.717, 1.165) is 12.1 Å². The molecule has 0 bridgehead atoms. The van der Waals surface area contributed by atoms with Gasteiger partial charge in [0.15, 0.2) is 0 Å². The topological polar surface area (TPSA) is 75.9 Å². The highest BCUT2D eigenvalue weighted by Crippen LogP contribution is 2.43. The maximum absolute atomic E-state index is 13.8. The largest absolute Gasteiger partial charge is 0.412 e. The Morgan fingerprint density at radius 2 is 1.93 bits per heavy atom. The molecule has 0 spiro atoms. The van der Waals surface area contributed by atoms with Gasteiger partial charge in [-0.1, -0.05) is 6.58 Å². The Hall–Kier alpha value is -2.82. The monoisotopic (exact) mass is 429 g/mol. The van der Waals surface area contributed by atoms with Crippen molar-refractivity contribution in [2.45, 2.75) is 30.5 Å². The highest BCUT2D eigenvalue weighted by atomic mass is 32.2. The van der Waals surface area contributed by atoms with Gasteiger partial charge in [0.05, 0.1) is 36.0 Å². The van der Waals surface area contributed by atoms with Crippen LogP contribution in [0, 0.1) is 5.82 Å². The highest BCUT2D eigenvalue weighted by molar-refractivity contribution is 7.94. The summed E-state index contributed by atoms with van der Waals surface area (Å²) >= 11 is -0.194. The summed E-state index contributed by atoms with van der Waals surface area (Å²) in [7, 11) is 0. The molecule has 0 unspecified atom stereocenters. The van der Waals surface area contributed by atoms with Crippen LogP contribution in [-0.2, 0) is 6.42 Å². The Balaban J connectivity index is 1.88. The van der Waals surface area contributed by atoms with Crippen molar-refractivity contribution < 1.29 is 21.4 Å². The predicted molar refractivity (Wildman–Crippen MR) is 102 cm³/mol. The SMILES string of the molecule is C=C(Nc1cnc(N)nc1)N[C@@H](C1=C(C)c2cc(F)cc(SF)c2C1)C(F)(F)F. The van der Waals surface area contributed by atoms with Gasteiger partial charge in [0.2, 0.25) is 5.95 Å². The second-order valence-electron chi connectivity index (χ2n) is 6.39. The number of nitrogens with zero attached hydrogens (tertiary/aromatic N) is 2. The minimum atomic E-state index is -4.68. The minimum Gasteiger partial charge on any atom is -0.368 e. The second kappa shape index (κ2) is 7.90. The first-order valence-corrected chi connectivity index (χ1v) is 8.99. The standard InChI is InChI=1S/C18H16F5N5S/c1-8-12-3-10(19)4-15(29-23)14(12)5-13(8)16(18(20,21)22)28-9(2)27-11-6-25-17(24)26-7-11/h3-4,6-7,16,27-28H,2,5H2,1H3,(H2,24,25,26)/t16-/m0/s1. The van der Waals surface area contributed by atoms with E-state index >= 15 is 0 Å². The molecule has 1 aliphatic rings. The first-order chi connectivity index (χ1) is 13.6. The van der Waals surface area contributed by atoms with E-state index in [0.29, 0.717) is 5.56 Å². The number of nitrogens with two attached hydrogens (primary N) is 1. The maximum atomic E-state index is 13.8. The third-order valence-corrected chi connectivity index (χ3v) is 5.00. The number of nitrogen functional groups attached to an aromatic ring is 1. The van der Waals surface area contributed by atoms with Gasteiger partial charge < -0.3 is 16.4 Å².